The van der Waals surface area contributed by atoms with Gasteiger partial charge in [0.1, 0.15) is 29.7 Å². The number of carbonyl (C=O) groups is 4. The normalized spacial score (nSPS) is 22.1. The number of imidazole rings is 2. The summed E-state index contributed by atoms with van der Waals surface area (Å²) in [6.07, 6.45) is 15.3. The van der Waals surface area contributed by atoms with Crippen molar-refractivity contribution in [1.82, 2.24) is 40.4 Å². The van der Waals surface area contributed by atoms with Gasteiger partial charge in [-0.05, 0) is 108 Å². The first-order valence-corrected chi connectivity index (χ1v) is 23.2. The van der Waals surface area contributed by atoms with Gasteiger partial charge in [-0.3, -0.25) is 14.4 Å². The van der Waals surface area contributed by atoms with Crippen LogP contribution in [0.3, 0.4) is 0 Å². The summed E-state index contributed by atoms with van der Waals surface area (Å²) < 4.78 is 4.88. The number of alkyl carbamates (subject to hydrolysis) is 1. The standard InChI is InChI=1S/C48H57N8O5.C2H6/c1-26(2)40(53-45(57)28-12-13-28)46(58)55-20-8-11-39(55)43-49-24-37(51-43)31-16-18-35-29(21-31)14-15-30-22-32(17-19-36(30)35)38-25-50-44(52-38)42-33-9-6-7-10-34(23-33)56(42)47(59)41(27(3)4)54-48(60)61-5;1-2/h12-13,16-19,21-22,24-27,33-34,39-42H,6-11,14-15,20,23H2,1-5H3,(H,49,51)(H,50,52)(H,53,57)(H,54,60);1-2H3/t33-,34+,39-,40-,41-,42+;/m0./s1. The van der Waals surface area contributed by atoms with Crippen LogP contribution >= 0.6 is 0 Å². The SMILES string of the molecule is CC.COC(=O)N[C@H](C(=O)N1[C@@H]2CCCC[C@@H](C2)[C@@H]1c1ncc(-c2ccc3c(c2)CCc2cc(-c4cnc([C@@H]5CCCN5C(=O)[C@@H](NC(=O)[C]5C=C5)C(C)C)[nH]4)ccc2-3)[nH]1)C(C)C. The molecule has 13 nitrogen and oxygen atoms in total. The zero-order valence-corrected chi connectivity index (χ0v) is 37.8. The van der Waals surface area contributed by atoms with Gasteiger partial charge in [0.15, 0.2) is 0 Å². The van der Waals surface area contributed by atoms with Gasteiger partial charge in [-0.15, -0.1) is 0 Å². The number of nitrogens with one attached hydrogen (secondary N) is 4. The fourth-order valence-electron chi connectivity index (χ4n) is 10.3. The lowest BCUT2D eigenvalue weighted by molar-refractivity contribution is -0.138. The number of hydrogen-bond donors (Lipinski definition) is 4. The van der Waals surface area contributed by atoms with Crippen molar-refractivity contribution in [2.45, 2.75) is 130 Å². The summed E-state index contributed by atoms with van der Waals surface area (Å²) in [6, 6.07) is 11.7. The molecule has 9 rings (SSSR count). The van der Waals surface area contributed by atoms with E-state index in [1.807, 2.05) is 63.7 Å². The number of likely N-dealkylation sites (tertiary alicyclic amines) is 2. The van der Waals surface area contributed by atoms with Gasteiger partial charge in [0.25, 0.3) is 0 Å². The van der Waals surface area contributed by atoms with Gasteiger partial charge in [0, 0.05) is 12.6 Å². The van der Waals surface area contributed by atoms with E-state index in [-0.39, 0.29) is 47.7 Å². The Kier molecular flexibility index (Phi) is 12.9. The van der Waals surface area contributed by atoms with Gasteiger partial charge in [-0.25, -0.2) is 14.8 Å². The Morgan fingerprint density at radius 1 is 0.746 bits per heavy atom. The van der Waals surface area contributed by atoms with Crippen molar-refractivity contribution >= 4 is 23.8 Å². The molecule has 5 aliphatic rings. The summed E-state index contributed by atoms with van der Waals surface area (Å²) in [5.74, 6) is 2.02. The highest BCUT2D eigenvalue weighted by atomic mass is 16.5. The van der Waals surface area contributed by atoms with Crippen LogP contribution in [0, 0.1) is 23.7 Å². The Labute approximate surface area is 371 Å². The van der Waals surface area contributed by atoms with Crippen LogP contribution < -0.4 is 10.6 Å². The molecule has 4 amide bonds. The van der Waals surface area contributed by atoms with Crippen LogP contribution in [0.5, 0.6) is 0 Å². The molecule has 4 N–H and O–H groups in total. The number of aryl methyl sites for hydroxylation is 2. The molecule has 4 heterocycles. The number of carbonyl (C=O) groups excluding carboxylic acids is 4. The number of benzene rings is 2. The third kappa shape index (κ3) is 8.80. The van der Waals surface area contributed by atoms with E-state index in [1.54, 1.807) is 12.2 Å². The van der Waals surface area contributed by atoms with E-state index in [1.165, 1.54) is 29.4 Å². The van der Waals surface area contributed by atoms with Gasteiger partial charge in [0.05, 0.1) is 43.0 Å². The van der Waals surface area contributed by atoms with Crippen molar-refractivity contribution in [3.63, 3.8) is 0 Å². The number of hydrogen-bond acceptors (Lipinski definition) is 7. The second kappa shape index (κ2) is 18.6. The van der Waals surface area contributed by atoms with Crippen molar-refractivity contribution in [1.29, 1.82) is 0 Å². The molecule has 6 atom stereocenters. The van der Waals surface area contributed by atoms with E-state index in [9.17, 15) is 19.2 Å². The number of methoxy groups -OCH3 is 1. The molecule has 0 spiro atoms. The molecule has 1 radical (unpaired) electrons. The molecule has 1 saturated carbocycles. The lowest BCUT2D eigenvalue weighted by atomic mass is 9.83. The molecule has 2 aromatic carbocycles. The first-order chi connectivity index (χ1) is 30.5. The lowest BCUT2D eigenvalue weighted by Gasteiger charge is -2.36. The molecule has 333 valence electrons. The zero-order valence-electron chi connectivity index (χ0n) is 37.8. The number of aromatic amines is 2. The number of ether oxygens (including phenoxy) is 1. The molecule has 3 fully saturated rings. The Morgan fingerprint density at radius 3 is 1.94 bits per heavy atom. The van der Waals surface area contributed by atoms with Crippen molar-refractivity contribution in [2.24, 2.45) is 17.8 Å². The summed E-state index contributed by atoms with van der Waals surface area (Å²) >= 11 is 0. The van der Waals surface area contributed by atoms with Crippen LogP contribution in [-0.4, -0.2) is 85.3 Å². The number of fused-ring (bicyclic) bond motifs is 5. The smallest absolute Gasteiger partial charge is 0.407 e. The maximum Gasteiger partial charge on any atom is 0.407 e. The van der Waals surface area contributed by atoms with Crippen molar-refractivity contribution in [3.05, 3.63) is 89.6 Å². The minimum absolute atomic E-state index is 0.0475. The van der Waals surface area contributed by atoms with Crippen molar-refractivity contribution < 1.29 is 23.9 Å². The fraction of sp³-hybridized carbons (Fsp3) is 0.500. The third-order valence-electron chi connectivity index (χ3n) is 13.6. The van der Waals surface area contributed by atoms with E-state index in [4.69, 9.17) is 14.7 Å². The number of amides is 4. The van der Waals surface area contributed by atoms with Gasteiger partial charge >= 0.3 is 6.09 Å². The van der Waals surface area contributed by atoms with E-state index in [0.717, 1.165) is 92.0 Å². The largest absolute Gasteiger partial charge is 0.453 e. The molecule has 4 aromatic rings. The van der Waals surface area contributed by atoms with Crippen LogP contribution in [0.2, 0.25) is 0 Å². The van der Waals surface area contributed by atoms with Crippen LogP contribution in [0.15, 0.2) is 60.9 Å². The van der Waals surface area contributed by atoms with Crippen LogP contribution in [-0.2, 0) is 32.0 Å². The number of H-pyrrole nitrogens is 2. The van der Waals surface area contributed by atoms with E-state index >= 15 is 0 Å². The van der Waals surface area contributed by atoms with Crippen LogP contribution in [0.1, 0.15) is 121 Å². The second-order valence-corrected chi connectivity index (χ2v) is 18.3. The number of nitrogens with zero attached hydrogens (tertiary/aromatic N) is 4. The van der Waals surface area contributed by atoms with Gasteiger partial charge < -0.3 is 35.1 Å². The highest BCUT2D eigenvalue weighted by Gasteiger charge is 2.48. The Morgan fingerprint density at radius 2 is 1.33 bits per heavy atom. The van der Waals surface area contributed by atoms with Gasteiger partial charge in [-0.1, -0.05) is 90.8 Å². The third-order valence-corrected chi connectivity index (χ3v) is 13.6. The molecule has 3 aliphatic carbocycles. The lowest BCUT2D eigenvalue weighted by Crippen LogP contribution is -2.53. The van der Waals surface area contributed by atoms with Gasteiger partial charge in [-0.2, -0.15) is 0 Å². The number of rotatable bonds is 11. The van der Waals surface area contributed by atoms with Crippen molar-refractivity contribution in [3.8, 4) is 33.6 Å². The molecule has 63 heavy (non-hydrogen) atoms. The average Bonchev–Trinajstić information content (AvgIpc) is 3.56. The monoisotopic (exact) mass is 855 g/mol. The molecule has 2 aromatic heterocycles. The summed E-state index contributed by atoms with van der Waals surface area (Å²) in [5.41, 5.74) is 8.97. The summed E-state index contributed by atoms with van der Waals surface area (Å²) in [7, 11) is 1.32. The minimum Gasteiger partial charge on any atom is -0.453 e. The van der Waals surface area contributed by atoms with Crippen LogP contribution in [0.4, 0.5) is 4.79 Å². The first-order valence-electron chi connectivity index (χ1n) is 23.2. The minimum atomic E-state index is -0.685. The Bertz CT molecular complexity index is 2360. The Balaban J connectivity index is 0.00000268. The summed E-state index contributed by atoms with van der Waals surface area (Å²) in [6.45, 7) is 12.5. The quantitative estimate of drug-likeness (QED) is 0.118. The molecule has 0 unspecified atom stereocenters. The highest BCUT2D eigenvalue weighted by Crippen LogP contribution is 2.47. The average molecular weight is 856 g/mol. The molecule has 2 aliphatic heterocycles. The van der Waals surface area contributed by atoms with E-state index in [2.05, 4.69) is 57.0 Å². The molecule has 2 saturated heterocycles. The zero-order chi connectivity index (χ0) is 44.5. The predicted octanol–water partition coefficient (Wildman–Crippen LogP) is 8.42. The first kappa shape index (κ1) is 43.9. The van der Waals surface area contributed by atoms with Crippen molar-refractivity contribution in [2.75, 3.05) is 13.7 Å². The maximum atomic E-state index is 14.3. The molecular formula is C50H63N8O5. The molecular weight excluding hydrogens is 793 g/mol. The summed E-state index contributed by atoms with van der Waals surface area (Å²) in [5, 5.41) is 5.76. The highest BCUT2D eigenvalue weighted by molar-refractivity contribution is 6.02. The maximum absolute atomic E-state index is 14.3. The van der Waals surface area contributed by atoms with E-state index < -0.39 is 18.2 Å². The topological polar surface area (TPSA) is 165 Å². The van der Waals surface area contributed by atoms with Crippen LogP contribution in [0.25, 0.3) is 33.6 Å². The van der Waals surface area contributed by atoms with Gasteiger partial charge in [0.2, 0.25) is 17.7 Å². The summed E-state index contributed by atoms with van der Waals surface area (Å²) in [4.78, 5) is 73.7. The number of aromatic nitrogens is 4. The predicted molar refractivity (Wildman–Crippen MR) is 243 cm³/mol. The second-order valence-electron chi connectivity index (χ2n) is 18.3. The molecule has 13 heteroatoms. The Hall–Kier alpha value is -5.72. The fourth-order valence-corrected chi connectivity index (χ4v) is 10.3. The van der Waals surface area contributed by atoms with E-state index in [0.29, 0.717) is 18.4 Å². The molecule has 2 bridgehead atoms.